The monoisotopic (exact) mass is 383 g/mol. The van der Waals surface area contributed by atoms with E-state index in [0.717, 1.165) is 37.6 Å². The van der Waals surface area contributed by atoms with Crippen molar-refractivity contribution in [2.45, 2.75) is 32.9 Å². The number of benzene rings is 1. The van der Waals surface area contributed by atoms with E-state index in [1.807, 2.05) is 24.3 Å². The van der Waals surface area contributed by atoms with Crippen LogP contribution in [0.5, 0.6) is 11.5 Å². The summed E-state index contributed by atoms with van der Waals surface area (Å²) in [7, 11) is 0. The fourth-order valence-corrected chi connectivity index (χ4v) is 3.13. The Kier molecular flexibility index (Phi) is 8.16. The number of hydrogen-bond donors (Lipinski definition) is 1. The second-order valence-electron chi connectivity index (χ2n) is 6.99. The topological polar surface area (TPSA) is 51.4 Å². The maximum atomic E-state index is 6.24. The molecule has 25 heavy (non-hydrogen) atoms. The Labute approximate surface area is 162 Å². The van der Waals surface area contributed by atoms with Crippen LogP contribution in [0.3, 0.4) is 0 Å². The molecule has 0 radical (unpaired) electrons. The van der Waals surface area contributed by atoms with E-state index in [1.165, 1.54) is 5.56 Å². The number of hydrogen-bond acceptors (Lipinski definition) is 4. The Morgan fingerprint density at radius 3 is 2.64 bits per heavy atom. The molecule has 0 amide bonds. The molecule has 1 saturated heterocycles. The molecule has 1 unspecified atom stereocenters. The van der Waals surface area contributed by atoms with E-state index in [4.69, 9.17) is 10.5 Å². The van der Waals surface area contributed by atoms with Crippen molar-refractivity contribution in [2.24, 2.45) is 11.1 Å². The molecule has 3 rings (SSSR count). The lowest BCUT2D eigenvalue weighted by molar-refractivity contribution is 0.0893. The molecule has 2 heterocycles. The molecule has 138 valence electrons. The van der Waals surface area contributed by atoms with Gasteiger partial charge < -0.3 is 10.5 Å². The van der Waals surface area contributed by atoms with Gasteiger partial charge in [-0.15, -0.1) is 24.8 Å². The molecule has 0 bridgehead atoms. The Bertz CT molecular complexity index is 652. The van der Waals surface area contributed by atoms with Crippen molar-refractivity contribution >= 4 is 24.8 Å². The molecule has 6 heteroatoms. The second-order valence-corrected chi connectivity index (χ2v) is 6.99. The van der Waals surface area contributed by atoms with Gasteiger partial charge in [0.15, 0.2) is 0 Å². The maximum Gasteiger partial charge on any atom is 0.145 e. The third-order valence-corrected chi connectivity index (χ3v) is 4.62. The first-order valence-corrected chi connectivity index (χ1v) is 8.18. The number of pyridine rings is 1. The number of piperidine rings is 1. The molecule has 2 aromatic rings. The van der Waals surface area contributed by atoms with Gasteiger partial charge in [-0.3, -0.25) is 9.88 Å². The molecule has 1 atom stereocenters. The number of ether oxygens (including phenoxy) is 1. The minimum Gasteiger partial charge on any atom is -0.455 e. The van der Waals surface area contributed by atoms with Crippen molar-refractivity contribution in [3.05, 3.63) is 54.4 Å². The predicted molar refractivity (Wildman–Crippen MR) is 107 cm³/mol. The van der Waals surface area contributed by atoms with Gasteiger partial charge in [-0.2, -0.15) is 0 Å². The highest BCUT2D eigenvalue weighted by atomic mass is 35.5. The lowest BCUT2D eigenvalue weighted by Crippen LogP contribution is -2.52. The average Bonchev–Trinajstić information content (AvgIpc) is 2.54. The van der Waals surface area contributed by atoms with Crippen LogP contribution in [0.25, 0.3) is 0 Å². The molecule has 1 aromatic carbocycles. The summed E-state index contributed by atoms with van der Waals surface area (Å²) in [6.45, 7) is 7.43. The summed E-state index contributed by atoms with van der Waals surface area (Å²) in [4.78, 5) is 6.57. The van der Waals surface area contributed by atoms with Crippen LogP contribution in [0.2, 0.25) is 0 Å². The van der Waals surface area contributed by atoms with Gasteiger partial charge in [-0.1, -0.05) is 32.0 Å². The fourth-order valence-electron chi connectivity index (χ4n) is 3.13. The van der Waals surface area contributed by atoms with Gasteiger partial charge in [0.2, 0.25) is 0 Å². The van der Waals surface area contributed by atoms with Gasteiger partial charge in [0.05, 0.1) is 6.20 Å². The second kappa shape index (κ2) is 9.39. The van der Waals surface area contributed by atoms with E-state index >= 15 is 0 Å². The zero-order valence-electron chi connectivity index (χ0n) is 14.7. The number of aromatic nitrogens is 1. The first-order valence-electron chi connectivity index (χ1n) is 8.18. The van der Waals surface area contributed by atoms with E-state index in [2.05, 4.69) is 35.9 Å². The van der Waals surface area contributed by atoms with Gasteiger partial charge in [0.1, 0.15) is 11.5 Å². The Hall–Kier alpha value is -1.33. The number of likely N-dealkylation sites (tertiary alicyclic amines) is 1. The third kappa shape index (κ3) is 5.58. The fraction of sp³-hybridized carbons (Fsp3) is 0.421. The smallest absolute Gasteiger partial charge is 0.145 e. The summed E-state index contributed by atoms with van der Waals surface area (Å²) in [6, 6.07) is 12.3. The minimum atomic E-state index is 0. The highest BCUT2D eigenvalue weighted by Gasteiger charge is 2.33. The molecule has 0 aliphatic carbocycles. The van der Waals surface area contributed by atoms with Crippen molar-refractivity contribution < 1.29 is 4.74 Å². The van der Waals surface area contributed by atoms with Crippen molar-refractivity contribution in [3.63, 3.8) is 0 Å². The van der Waals surface area contributed by atoms with Crippen molar-refractivity contribution in [1.29, 1.82) is 0 Å². The molecular weight excluding hydrogens is 357 g/mol. The van der Waals surface area contributed by atoms with Crippen LogP contribution >= 0.6 is 24.8 Å². The van der Waals surface area contributed by atoms with Gasteiger partial charge in [-0.05, 0) is 30.0 Å². The van der Waals surface area contributed by atoms with Crippen LogP contribution in [0.1, 0.15) is 25.8 Å². The quantitative estimate of drug-likeness (QED) is 0.855. The number of halogens is 2. The summed E-state index contributed by atoms with van der Waals surface area (Å²) in [5.74, 6) is 1.66. The lowest BCUT2D eigenvalue weighted by atomic mass is 9.79. The van der Waals surface area contributed by atoms with Crippen LogP contribution in [0.4, 0.5) is 0 Å². The molecule has 1 aliphatic rings. The summed E-state index contributed by atoms with van der Waals surface area (Å²) in [6.07, 6.45) is 4.52. The summed E-state index contributed by atoms with van der Waals surface area (Å²) < 4.78 is 6.01. The van der Waals surface area contributed by atoms with Crippen molar-refractivity contribution in [2.75, 3.05) is 13.1 Å². The molecule has 1 aliphatic heterocycles. The Balaban J connectivity index is 0.00000156. The van der Waals surface area contributed by atoms with Crippen molar-refractivity contribution in [1.82, 2.24) is 9.88 Å². The summed E-state index contributed by atoms with van der Waals surface area (Å²) in [5.41, 5.74) is 7.59. The molecular formula is C19H27Cl2N3O. The molecule has 1 aromatic heterocycles. The van der Waals surface area contributed by atoms with Gasteiger partial charge in [0, 0.05) is 37.4 Å². The van der Waals surface area contributed by atoms with Gasteiger partial charge in [0.25, 0.3) is 0 Å². The summed E-state index contributed by atoms with van der Waals surface area (Å²) >= 11 is 0. The van der Waals surface area contributed by atoms with Gasteiger partial charge in [-0.25, -0.2) is 0 Å². The van der Waals surface area contributed by atoms with E-state index < -0.39 is 0 Å². The highest BCUT2D eigenvalue weighted by Crippen LogP contribution is 2.31. The minimum absolute atomic E-state index is 0. The zero-order chi connectivity index (χ0) is 16.3. The SMILES string of the molecule is CC1(C)CN(Cc2ccccc2Oc2cccnc2)CCC1N.Cl.Cl. The van der Waals surface area contributed by atoms with Crippen LogP contribution in [-0.2, 0) is 6.54 Å². The zero-order valence-corrected chi connectivity index (χ0v) is 16.4. The van der Waals surface area contributed by atoms with E-state index in [9.17, 15) is 0 Å². The molecule has 0 spiro atoms. The predicted octanol–water partition coefficient (Wildman–Crippen LogP) is 4.28. The number of nitrogens with two attached hydrogens (primary N) is 1. The molecule has 4 nitrogen and oxygen atoms in total. The normalized spacial score (nSPS) is 19.4. The average molecular weight is 384 g/mol. The van der Waals surface area contributed by atoms with Crippen LogP contribution in [0, 0.1) is 5.41 Å². The van der Waals surface area contributed by atoms with E-state index in [-0.39, 0.29) is 36.3 Å². The summed E-state index contributed by atoms with van der Waals surface area (Å²) in [5, 5.41) is 0. The standard InChI is InChI=1S/C19H25N3O.2ClH/c1-19(2)14-22(11-9-18(19)20)13-15-6-3-4-8-17(15)23-16-7-5-10-21-12-16;;/h3-8,10,12,18H,9,11,13-14,20H2,1-2H3;2*1H. The lowest BCUT2D eigenvalue weighted by Gasteiger charge is -2.42. The van der Waals surface area contributed by atoms with Crippen LogP contribution in [0.15, 0.2) is 48.8 Å². The van der Waals surface area contributed by atoms with Crippen LogP contribution in [-0.4, -0.2) is 29.0 Å². The first-order chi connectivity index (χ1) is 11.0. The number of nitrogens with zero attached hydrogens (tertiary/aromatic N) is 2. The Morgan fingerprint density at radius 2 is 1.96 bits per heavy atom. The first kappa shape index (κ1) is 21.7. The largest absolute Gasteiger partial charge is 0.455 e. The van der Waals surface area contributed by atoms with E-state index in [1.54, 1.807) is 12.4 Å². The van der Waals surface area contributed by atoms with Crippen LogP contribution < -0.4 is 10.5 Å². The molecule has 2 N–H and O–H groups in total. The number of para-hydroxylation sites is 1. The molecule has 0 saturated carbocycles. The Morgan fingerprint density at radius 1 is 1.20 bits per heavy atom. The molecule has 1 fully saturated rings. The van der Waals surface area contributed by atoms with Gasteiger partial charge >= 0.3 is 0 Å². The third-order valence-electron chi connectivity index (χ3n) is 4.62. The maximum absolute atomic E-state index is 6.24. The van der Waals surface area contributed by atoms with E-state index in [0.29, 0.717) is 0 Å². The number of rotatable bonds is 4. The van der Waals surface area contributed by atoms with Crippen molar-refractivity contribution in [3.8, 4) is 11.5 Å². The highest BCUT2D eigenvalue weighted by molar-refractivity contribution is 5.85.